The standard InChI is InChI=1S/C12H12F3NO3S/c13-12(14,15)20(17,18)16-10-4-2-1-3-8(10)9-7-19-6-5-11(9)16/h1-4,9,11H,5-7H2. The van der Waals surface area contributed by atoms with E-state index in [2.05, 4.69) is 0 Å². The van der Waals surface area contributed by atoms with Gasteiger partial charge in [-0.25, -0.2) is 0 Å². The predicted molar refractivity (Wildman–Crippen MR) is 65.9 cm³/mol. The van der Waals surface area contributed by atoms with Gasteiger partial charge in [-0.05, 0) is 18.1 Å². The van der Waals surface area contributed by atoms with Gasteiger partial charge in [-0.3, -0.25) is 4.31 Å². The molecule has 0 bridgehead atoms. The Balaban J connectivity index is 2.15. The first-order valence-corrected chi connectivity index (χ1v) is 7.55. The van der Waals surface area contributed by atoms with Crippen LogP contribution in [0.1, 0.15) is 17.9 Å². The molecule has 2 aliphatic heterocycles. The smallest absolute Gasteiger partial charge is 0.381 e. The summed E-state index contributed by atoms with van der Waals surface area (Å²) in [5, 5.41) is 0. The van der Waals surface area contributed by atoms with Crippen LogP contribution in [0.15, 0.2) is 24.3 Å². The SMILES string of the molecule is O=S(=O)(N1c2ccccc2C2COCCC21)C(F)(F)F. The van der Waals surface area contributed by atoms with Crippen LogP contribution in [0.4, 0.5) is 18.9 Å². The van der Waals surface area contributed by atoms with Crippen LogP contribution in [0.3, 0.4) is 0 Å². The van der Waals surface area contributed by atoms with Crippen LogP contribution in [0.2, 0.25) is 0 Å². The fourth-order valence-electron chi connectivity index (χ4n) is 2.90. The van der Waals surface area contributed by atoms with E-state index in [1.165, 1.54) is 12.1 Å². The predicted octanol–water partition coefficient (Wildman–Crippen LogP) is 2.23. The van der Waals surface area contributed by atoms with Crippen molar-refractivity contribution < 1.29 is 26.3 Å². The molecular weight excluding hydrogens is 295 g/mol. The normalized spacial score (nSPS) is 26.2. The Kier molecular flexibility index (Phi) is 2.98. The summed E-state index contributed by atoms with van der Waals surface area (Å²) in [5.41, 5.74) is -4.58. The molecule has 0 N–H and O–H groups in total. The van der Waals surface area contributed by atoms with E-state index < -0.39 is 21.6 Å². The van der Waals surface area contributed by atoms with Crippen molar-refractivity contribution in [3.05, 3.63) is 29.8 Å². The van der Waals surface area contributed by atoms with Gasteiger partial charge < -0.3 is 4.74 Å². The fraction of sp³-hybridized carbons (Fsp3) is 0.500. The highest BCUT2D eigenvalue weighted by molar-refractivity contribution is 7.93. The van der Waals surface area contributed by atoms with E-state index in [1.807, 2.05) is 0 Å². The molecule has 3 rings (SSSR count). The molecule has 2 unspecified atom stereocenters. The van der Waals surface area contributed by atoms with Crippen molar-refractivity contribution in [2.75, 3.05) is 17.5 Å². The average molecular weight is 307 g/mol. The van der Waals surface area contributed by atoms with Crippen LogP contribution in [-0.2, 0) is 14.8 Å². The maximum Gasteiger partial charge on any atom is 0.516 e. The summed E-state index contributed by atoms with van der Waals surface area (Å²) in [6.45, 7) is 0.505. The minimum absolute atomic E-state index is 0.116. The summed E-state index contributed by atoms with van der Waals surface area (Å²) >= 11 is 0. The second-order valence-corrected chi connectivity index (χ2v) is 6.65. The number of benzene rings is 1. The van der Waals surface area contributed by atoms with E-state index in [-0.39, 0.29) is 31.2 Å². The molecule has 1 aromatic rings. The lowest BCUT2D eigenvalue weighted by molar-refractivity contribution is -0.0443. The van der Waals surface area contributed by atoms with Crippen LogP contribution in [0.25, 0.3) is 0 Å². The van der Waals surface area contributed by atoms with Crippen molar-refractivity contribution >= 4 is 15.7 Å². The van der Waals surface area contributed by atoms with Crippen LogP contribution < -0.4 is 4.31 Å². The van der Waals surface area contributed by atoms with Gasteiger partial charge in [0.1, 0.15) is 0 Å². The highest BCUT2D eigenvalue weighted by Gasteiger charge is 2.56. The molecule has 2 atom stereocenters. The first-order valence-electron chi connectivity index (χ1n) is 6.11. The van der Waals surface area contributed by atoms with Gasteiger partial charge in [0.15, 0.2) is 0 Å². The minimum atomic E-state index is -5.38. The van der Waals surface area contributed by atoms with Crippen LogP contribution in [0, 0.1) is 0 Å². The highest BCUT2D eigenvalue weighted by atomic mass is 32.2. The Morgan fingerprint density at radius 1 is 1.25 bits per heavy atom. The maximum atomic E-state index is 12.9. The van der Waals surface area contributed by atoms with Crippen LogP contribution in [0.5, 0.6) is 0 Å². The Morgan fingerprint density at radius 3 is 2.65 bits per heavy atom. The zero-order chi connectivity index (χ0) is 14.5. The van der Waals surface area contributed by atoms with Crippen molar-refractivity contribution in [3.63, 3.8) is 0 Å². The summed E-state index contributed by atoms with van der Waals surface area (Å²) in [4.78, 5) is 0. The molecule has 8 heteroatoms. The Hall–Kier alpha value is -1.28. The quantitative estimate of drug-likeness (QED) is 0.799. The lowest BCUT2D eigenvalue weighted by atomic mass is 9.93. The second kappa shape index (κ2) is 4.36. The molecule has 1 fully saturated rings. The molecule has 0 saturated carbocycles. The number of anilines is 1. The van der Waals surface area contributed by atoms with Crippen molar-refractivity contribution in [1.82, 2.24) is 0 Å². The van der Waals surface area contributed by atoms with Gasteiger partial charge in [0.25, 0.3) is 0 Å². The van der Waals surface area contributed by atoms with Gasteiger partial charge in [-0.1, -0.05) is 18.2 Å². The molecule has 0 radical (unpaired) electrons. The van der Waals surface area contributed by atoms with E-state index in [4.69, 9.17) is 4.74 Å². The molecule has 0 aromatic heterocycles. The third kappa shape index (κ3) is 1.81. The summed E-state index contributed by atoms with van der Waals surface area (Å²) < 4.78 is 68.1. The maximum absolute atomic E-state index is 12.9. The molecule has 20 heavy (non-hydrogen) atoms. The Bertz CT molecular complexity index is 629. The molecule has 2 aliphatic rings. The monoisotopic (exact) mass is 307 g/mol. The third-order valence-electron chi connectivity index (χ3n) is 3.75. The number of para-hydroxylation sites is 1. The molecule has 4 nitrogen and oxygen atoms in total. The van der Waals surface area contributed by atoms with E-state index in [1.54, 1.807) is 12.1 Å². The summed E-state index contributed by atoms with van der Waals surface area (Å²) in [5.74, 6) is -0.336. The van der Waals surface area contributed by atoms with Gasteiger partial charge in [-0.2, -0.15) is 21.6 Å². The zero-order valence-corrected chi connectivity index (χ0v) is 11.1. The Labute approximate surface area is 114 Å². The van der Waals surface area contributed by atoms with E-state index >= 15 is 0 Å². The lowest BCUT2D eigenvalue weighted by Gasteiger charge is -2.32. The third-order valence-corrected chi connectivity index (χ3v) is 5.32. The number of fused-ring (bicyclic) bond motifs is 3. The number of halogens is 3. The van der Waals surface area contributed by atoms with Gasteiger partial charge in [0, 0.05) is 12.5 Å². The minimum Gasteiger partial charge on any atom is -0.381 e. The summed E-state index contributed by atoms with van der Waals surface area (Å²) in [6.07, 6.45) is 0.259. The van der Waals surface area contributed by atoms with Gasteiger partial charge in [-0.15, -0.1) is 0 Å². The van der Waals surface area contributed by atoms with Crippen LogP contribution >= 0.6 is 0 Å². The molecule has 0 aliphatic carbocycles. The molecule has 0 amide bonds. The van der Waals surface area contributed by atoms with Crippen molar-refractivity contribution in [3.8, 4) is 0 Å². The van der Waals surface area contributed by atoms with Gasteiger partial charge >= 0.3 is 15.5 Å². The van der Waals surface area contributed by atoms with Gasteiger partial charge in [0.05, 0.1) is 18.3 Å². The Morgan fingerprint density at radius 2 is 1.95 bits per heavy atom. The lowest BCUT2D eigenvalue weighted by Crippen LogP contribution is -2.48. The average Bonchev–Trinajstić information content (AvgIpc) is 2.72. The van der Waals surface area contributed by atoms with E-state index in [9.17, 15) is 21.6 Å². The summed E-state index contributed by atoms with van der Waals surface area (Å²) in [6, 6.07) is 5.59. The largest absolute Gasteiger partial charge is 0.516 e. The number of sulfonamides is 1. The molecular formula is C12H12F3NO3S. The molecule has 110 valence electrons. The number of rotatable bonds is 1. The second-order valence-electron chi connectivity index (χ2n) is 4.84. The number of ether oxygens (including phenoxy) is 1. The fourth-order valence-corrected chi connectivity index (χ4v) is 4.16. The van der Waals surface area contributed by atoms with Crippen LogP contribution in [-0.4, -0.2) is 33.2 Å². The number of nitrogens with zero attached hydrogens (tertiary/aromatic N) is 1. The number of hydrogen-bond donors (Lipinski definition) is 0. The van der Waals surface area contributed by atoms with Crippen molar-refractivity contribution in [2.45, 2.75) is 23.9 Å². The first-order chi connectivity index (χ1) is 9.34. The first kappa shape index (κ1) is 13.7. The number of alkyl halides is 3. The molecule has 0 spiro atoms. The molecule has 2 heterocycles. The van der Waals surface area contributed by atoms with E-state index in [0.717, 1.165) is 0 Å². The van der Waals surface area contributed by atoms with Gasteiger partial charge in [0.2, 0.25) is 0 Å². The van der Waals surface area contributed by atoms with Crippen molar-refractivity contribution in [2.24, 2.45) is 0 Å². The summed E-state index contributed by atoms with van der Waals surface area (Å²) in [7, 11) is -5.38. The van der Waals surface area contributed by atoms with Crippen molar-refractivity contribution in [1.29, 1.82) is 0 Å². The highest BCUT2D eigenvalue weighted by Crippen LogP contribution is 2.47. The number of hydrogen-bond acceptors (Lipinski definition) is 3. The zero-order valence-electron chi connectivity index (χ0n) is 10.3. The molecule has 1 aromatic carbocycles. The topological polar surface area (TPSA) is 46.6 Å². The molecule has 1 saturated heterocycles. The van der Waals surface area contributed by atoms with E-state index in [0.29, 0.717) is 9.87 Å².